The molecule has 0 spiro atoms. The molecule has 3 aromatic carbocycles. The molecule has 4 aromatic rings. The Kier molecular flexibility index (Phi) is 7.69. The summed E-state index contributed by atoms with van der Waals surface area (Å²) in [4.78, 5) is 5.00. The molecule has 0 amide bonds. The number of anilines is 2. The number of nitrogens with two attached hydrogens (primary N) is 2. The van der Waals surface area contributed by atoms with Crippen LogP contribution in [0.15, 0.2) is 83.6 Å². The number of nitrogens with zero attached hydrogens (tertiary/aromatic N) is 3. The van der Waals surface area contributed by atoms with Crippen LogP contribution in [0.5, 0.6) is 0 Å². The van der Waals surface area contributed by atoms with E-state index in [1.807, 2.05) is 29.3 Å². The third-order valence-corrected chi connectivity index (χ3v) is 8.01. The number of rotatable bonds is 8. The molecule has 39 heavy (non-hydrogen) atoms. The van der Waals surface area contributed by atoms with E-state index in [1.165, 1.54) is 16.7 Å². The number of hydrazone groups is 1. The smallest absolute Gasteiger partial charge is 0.150 e. The quantitative estimate of drug-likeness (QED) is 0.236. The Morgan fingerprint density at radius 1 is 0.872 bits per heavy atom. The van der Waals surface area contributed by atoms with Gasteiger partial charge >= 0.3 is 0 Å². The number of pyridine rings is 1. The number of benzene rings is 3. The number of allylic oxidation sites excluding steroid dienone is 2. The lowest BCUT2D eigenvalue weighted by Crippen LogP contribution is -2.21. The maximum absolute atomic E-state index is 6.92. The standard InChI is InChI=1S/C34H39N5/c1-5-22-13-15-24(16-14-22)27(8-4)34(36)30-21-31(28-19-17-23(6-2)26(7-3)33(28)35)39(38-30)32-20-18-25-11-9-10-12-29(25)37-32/h9-20,31H,5-8,21,35-36H2,1-4H3. The van der Waals surface area contributed by atoms with Gasteiger partial charge in [0.1, 0.15) is 5.82 Å². The Morgan fingerprint density at radius 3 is 2.33 bits per heavy atom. The molecule has 0 fully saturated rings. The van der Waals surface area contributed by atoms with E-state index in [4.69, 9.17) is 21.6 Å². The first-order valence-electron chi connectivity index (χ1n) is 14.2. The van der Waals surface area contributed by atoms with Crippen molar-refractivity contribution in [3.63, 3.8) is 0 Å². The lowest BCUT2D eigenvalue weighted by atomic mass is 9.91. The van der Waals surface area contributed by atoms with Crippen LogP contribution in [-0.4, -0.2) is 10.7 Å². The Balaban J connectivity index is 1.63. The summed E-state index contributed by atoms with van der Waals surface area (Å²) in [6.07, 6.45) is 4.36. The summed E-state index contributed by atoms with van der Waals surface area (Å²) in [7, 11) is 0. The van der Waals surface area contributed by atoms with Crippen molar-refractivity contribution >= 4 is 33.7 Å². The molecule has 2 heterocycles. The average Bonchev–Trinajstić information content (AvgIpc) is 3.42. The van der Waals surface area contributed by atoms with Crippen molar-refractivity contribution in [2.75, 3.05) is 10.7 Å². The Hall–Kier alpha value is -4.12. The summed E-state index contributed by atoms with van der Waals surface area (Å²) in [5.41, 5.74) is 24.4. The first-order valence-corrected chi connectivity index (χ1v) is 14.2. The largest absolute Gasteiger partial charge is 0.398 e. The molecule has 200 valence electrons. The zero-order valence-electron chi connectivity index (χ0n) is 23.5. The van der Waals surface area contributed by atoms with Gasteiger partial charge in [-0.1, -0.05) is 82.3 Å². The highest BCUT2D eigenvalue weighted by atomic mass is 15.5. The molecule has 0 radical (unpaired) electrons. The van der Waals surface area contributed by atoms with Gasteiger partial charge in [-0.15, -0.1) is 0 Å². The molecule has 5 heteroatoms. The van der Waals surface area contributed by atoms with Crippen LogP contribution < -0.4 is 16.5 Å². The lowest BCUT2D eigenvalue weighted by Gasteiger charge is -2.26. The van der Waals surface area contributed by atoms with Gasteiger partial charge in [0.2, 0.25) is 0 Å². The van der Waals surface area contributed by atoms with Crippen molar-refractivity contribution in [1.82, 2.24) is 4.98 Å². The van der Waals surface area contributed by atoms with Gasteiger partial charge in [0.15, 0.2) is 0 Å². The number of aryl methyl sites for hydroxylation is 2. The number of para-hydroxylation sites is 1. The maximum Gasteiger partial charge on any atom is 0.150 e. The second-order valence-corrected chi connectivity index (χ2v) is 10.2. The van der Waals surface area contributed by atoms with Crippen molar-refractivity contribution in [3.05, 3.63) is 106 Å². The highest BCUT2D eigenvalue weighted by Crippen LogP contribution is 2.41. The van der Waals surface area contributed by atoms with E-state index in [9.17, 15) is 0 Å². The van der Waals surface area contributed by atoms with Gasteiger partial charge in [-0.25, -0.2) is 9.99 Å². The van der Waals surface area contributed by atoms with Crippen LogP contribution in [-0.2, 0) is 19.3 Å². The molecule has 4 N–H and O–H groups in total. The minimum Gasteiger partial charge on any atom is -0.398 e. The number of fused-ring (bicyclic) bond motifs is 1. The van der Waals surface area contributed by atoms with Crippen LogP contribution in [0.1, 0.15) is 74.4 Å². The summed E-state index contributed by atoms with van der Waals surface area (Å²) in [5, 5.41) is 8.27. The second-order valence-electron chi connectivity index (χ2n) is 10.2. The molecule has 0 saturated carbocycles. The van der Waals surface area contributed by atoms with Crippen molar-refractivity contribution in [2.24, 2.45) is 10.8 Å². The third-order valence-electron chi connectivity index (χ3n) is 8.01. The van der Waals surface area contributed by atoms with Gasteiger partial charge in [0.05, 0.1) is 23.0 Å². The van der Waals surface area contributed by atoms with Gasteiger partial charge in [0.25, 0.3) is 0 Å². The Bertz CT molecular complexity index is 1550. The van der Waals surface area contributed by atoms with E-state index < -0.39 is 0 Å². The molecule has 5 rings (SSSR count). The molecule has 1 unspecified atom stereocenters. The van der Waals surface area contributed by atoms with E-state index in [-0.39, 0.29) is 6.04 Å². The second kappa shape index (κ2) is 11.3. The van der Waals surface area contributed by atoms with Crippen molar-refractivity contribution < 1.29 is 0 Å². The van der Waals surface area contributed by atoms with Gasteiger partial charge in [-0.2, -0.15) is 5.10 Å². The topological polar surface area (TPSA) is 80.5 Å². The number of hydrogen-bond donors (Lipinski definition) is 2. The SMILES string of the molecule is CCC(=C(N)C1=NN(c2ccc3ccccc3n2)C(c2ccc(CC)c(CC)c2N)C1)c1ccc(CC)cc1. The summed E-state index contributed by atoms with van der Waals surface area (Å²) >= 11 is 0. The predicted molar refractivity (Wildman–Crippen MR) is 166 cm³/mol. The third kappa shape index (κ3) is 5.01. The van der Waals surface area contributed by atoms with E-state index in [2.05, 4.69) is 76.2 Å². The monoisotopic (exact) mass is 517 g/mol. The first-order chi connectivity index (χ1) is 19.0. The van der Waals surface area contributed by atoms with Gasteiger partial charge in [-0.3, -0.25) is 0 Å². The summed E-state index contributed by atoms with van der Waals surface area (Å²) in [5.74, 6) is 0.795. The van der Waals surface area contributed by atoms with Crippen LogP contribution in [0.3, 0.4) is 0 Å². The van der Waals surface area contributed by atoms with Crippen LogP contribution in [0, 0.1) is 0 Å². The average molecular weight is 518 g/mol. The van der Waals surface area contributed by atoms with Gasteiger partial charge < -0.3 is 11.5 Å². The van der Waals surface area contributed by atoms with Crippen LogP contribution in [0.25, 0.3) is 16.5 Å². The zero-order valence-corrected chi connectivity index (χ0v) is 23.5. The van der Waals surface area contributed by atoms with Gasteiger partial charge in [0, 0.05) is 23.1 Å². The van der Waals surface area contributed by atoms with E-state index >= 15 is 0 Å². The fraction of sp³-hybridized carbons (Fsp3) is 0.294. The van der Waals surface area contributed by atoms with Crippen LogP contribution >= 0.6 is 0 Å². The molecule has 1 aromatic heterocycles. The maximum atomic E-state index is 6.92. The Morgan fingerprint density at radius 2 is 1.64 bits per heavy atom. The molecule has 1 aliphatic rings. The minimum absolute atomic E-state index is 0.0935. The lowest BCUT2D eigenvalue weighted by molar-refractivity contribution is 0.700. The number of aromatic nitrogens is 1. The molecular weight excluding hydrogens is 478 g/mol. The van der Waals surface area contributed by atoms with Crippen LogP contribution in [0.4, 0.5) is 11.5 Å². The van der Waals surface area contributed by atoms with Gasteiger partial charge in [-0.05, 0) is 71.7 Å². The summed E-state index contributed by atoms with van der Waals surface area (Å²) < 4.78 is 0. The number of nitrogen functional groups attached to an aromatic ring is 1. The normalized spacial score (nSPS) is 15.9. The van der Waals surface area contributed by atoms with E-state index in [1.54, 1.807) is 0 Å². The fourth-order valence-electron chi connectivity index (χ4n) is 5.74. The van der Waals surface area contributed by atoms with Crippen LogP contribution in [0.2, 0.25) is 0 Å². The Labute approximate surface area is 232 Å². The first kappa shape index (κ1) is 26.5. The van der Waals surface area contributed by atoms with E-state index in [0.29, 0.717) is 6.42 Å². The minimum atomic E-state index is -0.0935. The summed E-state index contributed by atoms with van der Waals surface area (Å²) in [6, 6.07) is 25.3. The molecule has 0 bridgehead atoms. The fourth-order valence-corrected chi connectivity index (χ4v) is 5.74. The highest BCUT2D eigenvalue weighted by molar-refractivity contribution is 6.07. The molecule has 0 aliphatic carbocycles. The van der Waals surface area contributed by atoms with Crippen molar-refractivity contribution in [1.29, 1.82) is 0 Å². The number of hydrogen-bond acceptors (Lipinski definition) is 5. The molecule has 5 nitrogen and oxygen atoms in total. The molecule has 0 saturated heterocycles. The highest BCUT2D eigenvalue weighted by Gasteiger charge is 2.33. The molecular formula is C34H39N5. The molecule has 1 aliphatic heterocycles. The van der Waals surface area contributed by atoms with E-state index in [0.717, 1.165) is 76.2 Å². The molecule has 1 atom stereocenters. The van der Waals surface area contributed by atoms with Crippen molar-refractivity contribution in [2.45, 2.75) is 65.8 Å². The zero-order chi connectivity index (χ0) is 27.5. The predicted octanol–water partition coefficient (Wildman–Crippen LogP) is 7.59. The summed E-state index contributed by atoms with van der Waals surface area (Å²) in [6.45, 7) is 8.68. The van der Waals surface area contributed by atoms with Crippen molar-refractivity contribution in [3.8, 4) is 0 Å².